The number of ether oxygens (including phenoxy) is 2. The number of carbonyl (C=O) groups excluding carboxylic acids is 1. The van der Waals surface area contributed by atoms with Gasteiger partial charge in [-0.3, -0.25) is 4.79 Å². The third kappa shape index (κ3) is 2.62. The van der Waals surface area contributed by atoms with E-state index in [2.05, 4.69) is 11.4 Å². The predicted octanol–water partition coefficient (Wildman–Crippen LogP) is 3.07. The van der Waals surface area contributed by atoms with Crippen LogP contribution < -0.4 is 14.8 Å². The Bertz CT molecular complexity index is 863. The monoisotopic (exact) mass is 306 g/mol. The molecule has 2 aromatic carbocycles. The van der Waals surface area contributed by atoms with E-state index in [0.29, 0.717) is 28.3 Å². The minimum absolute atomic E-state index is 0.208. The fraction of sp³-hybridized carbons (Fsp3) is 0.111. The number of hydrogen-bond donors (Lipinski definition) is 1. The highest BCUT2D eigenvalue weighted by atomic mass is 16.5. The molecule has 1 N–H and O–H groups in total. The molecular weight excluding hydrogens is 292 g/mol. The van der Waals surface area contributed by atoms with Crippen LogP contribution in [0.2, 0.25) is 0 Å². The molecule has 1 aliphatic rings. The van der Waals surface area contributed by atoms with E-state index in [1.807, 2.05) is 0 Å². The van der Waals surface area contributed by atoms with Crippen molar-refractivity contribution in [2.24, 2.45) is 0 Å². The summed E-state index contributed by atoms with van der Waals surface area (Å²) in [5.74, 6) is 1.12. The fourth-order valence-electron chi connectivity index (χ4n) is 2.52. The topological polar surface area (TPSA) is 71.3 Å². The van der Waals surface area contributed by atoms with E-state index in [4.69, 9.17) is 14.7 Å². The number of carbonyl (C=O) groups is 1. The molecule has 114 valence electrons. The molecule has 23 heavy (non-hydrogen) atoms. The zero-order valence-corrected chi connectivity index (χ0v) is 12.7. The van der Waals surface area contributed by atoms with Crippen LogP contribution in [-0.2, 0) is 4.79 Å². The Morgan fingerprint density at radius 3 is 2.65 bits per heavy atom. The van der Waals surface area contributed by atoms with Crippen LogP contribution in [0.25, 0.3) is 11.6 Å². The quantitative estimate of drug-likeness (QED) is 0.885. The summed E-state index contributed by atoms with van der Waals surface area (Å²) >= 11 is 0. The Kier molecular flexibility index (Phi) is 3.73. The van der Waals surface area contributed by atoms with Crippen LogP contribution in [0.3, 0.4) is 0 Å². The highest BCUT2D eigenvalue weighted by Gasteiger charge is 2.24. The molecule has 2 aromatic rings. The smallest absolute Gasteiger partial charge is 0.256 e. The highest BCUT2D eigenvalue weighted by Crippen LogP contribution is 2.35. The van der Waals surface area contributed by atoms with Gasteiger partial charge in [0.2, 0.25) is 0 Å². The van der Waals surface area contributed by atoms with Gasteiger partial charge in [0.05, 0.1) is 31.5 Å². The van der Waals surface area contributed by atoms with Gasteiger partial charge >= 0.3 is 0 Å². The van der Waals surface area contributed by atoms with E-state index in [9.17, 15) is 4.79 Å². The summed E-state index contributed by atoms with van der Waals surface area (Å²) in [6.45, 7) is 0. The van der Waals surface area contributed by atoms with Gasteiger partial charge in [0, 0.05) is 16.7 Å². The van der Waals surface area contributed by atoms with Crippen molar-refractivity contribution in [2.45, 2.75) is 0 Å². The van der Waals surface area contributed by atoms with Crippen LogP contribution in [0.1, 0.15) is 16.7 Å². The Hall–Kier alpha value is -3.26. The van der Waals surface area contributed by atoms with Crippen LogP contribution in [-0.4, -0.2) is 20.1 Å². The van der Waals surface area contributed by atoms with Gasteiger partial charge in [-0.2, -0.15) is 5.26 Å². The molecule has 3 rings (SSSR count). The van der Waals surface area contributed by atoms with Crippen LogP contribution in [0.4, 0.5) is 5.69 Å². The van der Waals surface area contributed by atoms with Crippen molar-refractivity contribution in [3.05, 3.63) is 53.1 Å². The summed E-state index contributed by atoms with van der Waals surface area (Å²) in [6, 6.07) is 12.6. The molecule has 0 aliphatic carbocycles. The molecule has 0 fully saturated rings. The van der Waals surface area contributed by atoms with Crippen LogP contribution in [0.5, 0.6) is 11.5 Å². The van der Waals surface area contributed by atoms with Gasteiger partial charge in [0.15, 0.2) is 0 Å². The second-order valence-electron chi connectivity index (χ2n) is 4.99. The molecule has 0 atom stereocenters. The Morgan fingerprint density at radius 1 is 1.13 bits per heavy atom. The van der Waals surface area contributed by atoms with Gasteiger partial charge in [0.25, 0.3) is 5.91 Å². The number of amides is 1. The fourth-order valence-corrected chi connectivity index (χ4v) is 2.52. The lowest BCUT2D eigenvalue weighted by molar-refractivity contribution is -0.110. The number of anilines is 1. The van der Waals surface area contributed by atoms with E-state index in [1.165, 1.54) is 0 Å². The van der Waals surface area contributed by atoms with Crippen molar-refractivity contribution >= 4 is 23.2 Å². The van der Waals surface area contributed by atoms with Crippen molar-refractivity contribution < 1.29 is 14.3 Å². The first-order valence-corrected chi connectivity index (χ1v) is 6.96. The average Bonchev–Trinajstić information content (AvgIpc) is 2.89. The highest BCUT2D eigenvalue weighted by molar-refractivity contribution is 6.35. The zero-order chi connectivity index (χ0) is 16.4. The maximum absolute atomic E-state index is 12.3. The van der Waals surface area contributed by atoms with E-state index >= 15 is 0 Å². The van der Waals surface area contributed by atoms with Gasteiger partial charge in [-0.1, -0.05) is 6.07 Å². The largest absolute Gasteiger partial charge is 0.497 e. The molecule has 0 radical (unpaired) electrons. The average molecular weight is 306 g/mol. The first-order valence-electron chi connectivity index (χ1n) is 6.96. The molecule has 0 bridgehead atoms. The van der Waals surface area contributed by atoms with E-state index in [-0.39, 0.29) is 5.91 Å². The molecule has 0 unspecified atom stereocenters. The standard InChI is InChI=1S/C18H14N2O3/c1-22-13-4-6-17(23-2)12(8-13)9-15-14-5-3-11(10-19)7-16(14)20-18(15)21/h3-9H,1-2H3,(H,20,21)/b15-9-. The summed E-state index contributed by atoms with van der Waals surface area (Å²) in [5, 5.41) is 11.7. The molecule has 5 nitrogen and oxygen atoms in total. The lowest BCUT2D eigenvalue weighted by Gasteiger charge is -2.08. The summed E-state index contributed by atoms with van der Waals surface area (Å²) in [6.07, 6.45) is 1.76. The summed E-state index contributed by atoms with van der Waals surface area (Å²) in [5.41, 5.74) is 3.18. The third-order valence-corrected chi connectivity index (χ3v) is 3.67. The lowest BCUT2D eigenvalue weighted by atomic mass is 10.0. The summed E-state index contributed by atoms with van der Waals surface area (Å²) < 4.78 is 10.6. The van der Waals surface area contributed by atoms with Crippen LogP contribution in [0.15, 0.2) is 36.4 Å². The van der Waals surface area contributed by atoms with E-state index < -0.39 is 0 Å². The second kappa shape index (κ2) is 5.85. The predicted molar refractivity (Wildman–Crippen MR) is 87.2 cm³/mol. The van der Waals surface area contributed by atoms with Gasteiger partial charge in [-0.15, -0.1) is 0 Å². The number of fused-ring (bicyclic) bond motifs is 1. The van der Waals surface area contributed by atoms with Crippen molar-refractivity contribution in [1.82, 2.24) is 0 Å². The van der Waals surface area contributed by atoms with Crippen molar-refractivity contribution in [3.8, 4) is 17.6 Å². The molecular formula is C18H14N2O3. The minimum atomic E-state index is -0.208. The minimum Gasteiger partial charge on any atom is -0.497 e. The SMILES string of the molecule is COc1ccc(OC)c(/C=C2\C(=O)Nc3cc(C#N)ccc32)c1. The first-order chi connectivity index (χ1) is 11.2. The molecule has 1 amide bonds. The number of benzene rings is 2. The maximum Gasteiger partial charge on any atom is 0.256 e. The van der Waals surface area contributed by atoms with Gasteiger partial charge < -0.3 is 14.8 Å². The lowest BCUT2D eigenvalue weighted by Crippen LogP contribution is -2.03. The molecule has 0 saturated heterocycles. The van der Waals surface area contributed by atoms with Gasteiger partial charge in [-0.05, 0) is 36.4 Å². The molecule has 0 saturated carbocycles. The van der Waals surface area contributed by atoms with Gasteiger partial charge in [-0.25, -0.2) is 0 Å². The number of rotatable bonds is 3. The number of nitrogens with one attached hydrogen (secondary N) is 1. The first kappa shape index (κ1) is 14.7. The van der Waals surface area contributed by atoms with Crippen molar-refractivity contribution in [2.75, 3.05) is 19.5 Å². The Labute approximate surface area is 133 Å². The zero-order valence-electron chi connectivity index (χ0n) is 12.7. The van der Waals surface area contributed by atoms with Crippen LogP contribution >= 0.6 is 0 Å². The Balaban J connectivity index is 2.11. The molecule has 1 heterocycles. The number of methoxy groups -OCH3 is 2. The Morgan fingerprint density at radius 2 is 1.96 bits per heavy atom. The molecule has 0 spiro atoms. The second-order valence-corrected chi connectivity index (χ2v) is 4.99. The number of nitrogens with zero attached hydrogens (tertiary/aromatic N) is 1. The molecule has 5 heteroatoms. The number of hydrogen-bond acceptors (Lipinski definition) is 4. The summed E-state index contributed by atoms with van der Waals surface area (Å²) in [7, 11) is 3.16. The molecule has 0 aromatic heterocycles. The van der Waals surface area contributed by atoms with Crippen molar-refractivity contribution in [3.63, 3.8) is 0 Å². The van der Waals surface area contributed by atoms with Crippen molar-refractivity contribution in [1.29, 1.82) is 5.26 Å². The maximum atomic E-state index is 12.3. The van der Waals surface area contributed by atoms with Gasteiger partial charge in [0.1, 0.15) is 11.5 Å². The third-order valence-electron chi connectivity index (χ3n) is 3.67. The van der Waals surface area contributed by atoms with E-state index in [1.54, 1.807) is 56.7 Å². The van der Waals surface area contributed by atoms with E-state index in [0.717, 1.165) is 11.1 Å². The summed E-state index contributed by atoms with van der Waals surface area (Å²) in [4.78, 5) is 12.3. The molecule has 1 aliphatic heterocycles. The number of nitriles is 1. The normalized spacial score (nSPS) is 14.1. The van der Waals surface area contributed by atoms with Crippen LogP contribution in [0, 0.1) is 11.3 Å².